The van der Waals surface area contributed by atoms with Crippen LogP contribution in [0.4, 0.5) is 15.0 Å². The molecule has 2 aliphatic heterocycles. The second-order valence-corrected chi connectivity index (χ2v) is 7.61. The summed E-state index contributed by atoms with van der Waals surface area (Å²) in [4.78, 5) is 34.7. The average molecular weight is 413 g/mol. The first-order valence-corrected chi connectivity index (χ1v) is 10.1. The number of fused-ring (bicyclic) bond motifs is 1. The fraction of sp³-hybridized carbons (Fsp3) is 0.429. The number of nitrogens with zero attached hydrogens (tertiary/aromatic N) is 4. The SMILES string of the molecule is CC(=O)N1CCC(Oc2cncc(-c3cnc4c(c3F)CCCN4C(N)=O)c2)CC1. The van der Waals surface area contributed by atoms with E-state index >= 15 is 4.39 Å². The van der Waals surface area contributed by atoms with E-state index in [0.29, 0.717) is 54.9 Å². The number of nitrogens with two attached hydrogens (primary N) is 1. The van der Waals surface area contributed by atoms with Crippen LogP contribution < -0.4 is 15.4 Å². The van der Waals surface area contributed by atoms with Crippen LogP contribution >= 0.6 is 0 Å². The smallest absolute Gasteiger partial charge is 0.320 e. The first-order valence-electron chi connectivity index (χ1n) is 10.1. The highest BCUT2D eigenvalue weighted by Gasteiger charge is 2.27. The maximum atomic E-state index is 15.3. The summed E-state index contributed by atoms with van der Waals surface area (Å²) in [6.45, 7) is 3.32. The van der Waals surface area contributed by atoms with Crippen molar-refractivity contribution in [3.8, 4) is 16.9 Å². The van der Waals surface area contributed by atoms with Crippen molar-refractivity contribution in [2.75, 3.05) is 24.5 Å². The van der Waals surface area contributed by atoms with Gasteiger partial charge in [-0.25, -0.2) is 14.2 Å². The highest BCUT2D eigenvalue weighted by molar-refractivity contribution is 5.91. The van der Waals surface area contributed by atoms with Crippen LogP contribution in [0.2, 0.25) is 0 Å². The van der Waals surface area contributed by atoms with Crippen molar-refractivity contribution in [1.82, 2.24) is 14.9 Å². The van der Waals surface area contributed by atoms with Gasteiger partial charge in [0, 0.05) is 68.5 Å². The van der Waals surface area contributed by atoms with Gasteiger partial charge in [0.15, 0.2) is 0 Å². The molecule has 2 aliphatic rings. The van der Waals surface area contributed by atoms with Gasteiger partial charge >= 0.3 is 6.03 Å². The summed E-state index contributed by atoms with van der Waals surface area (Å²) in [5.74, 6) is 0.485. The van der Waals surface area contributed by atoms with Crippen LogP contribution in [-0.4, -0.2) is 52.5 Å². The molecule has 4 rings (SSSR count). The van der Waals surface area contributed by atoms with Crippen molar-refractivity contribution in [2.24, 2.45) is 5.73 Å². The number of amides is 3. The molecule has 9 heteroatoms. The van der Waals surface area contributed by atoms with Gasteiger partial charge in [0.05, 0.1) is 6.20 Å². The van der Waals surface area contributed by atoms with Gasteiger partial charge in [-0.3, -0.25) is 14.7 Å². The number of carbonyl (C=O) groups excluding carboxylic acids is 2. The highest BCUT2D eigenvalue weighted by atomic mass is 19.1. The van der Waals surface area contributed by atoms with Gasteiger partial charge in [-0.2, -0.15) is 0 Å². The maximum absolute atomic E-state index is 15.3. The maximum Gasteiger partial charge on any atom is 0.320 e. The van der Waals surface area contributed by atoms with Gasteiger partial charge in [-0.05, 0) is 18.9 Å². The number of carbonyl (C=O) groups is 2. The lowest BCUT2D eigenvalue weighted by molar-refractivity contribution is -0.130. The number of pyridine rings is 2. The van der Waals surface area contributed by atoms with E-state index in [2.05, 4.69) is 9.97 Å². The van der Waals surface area contributed by atoms with Crippen molar-refractivity contribution in [2.45, 2.75) is 38.7 Å². The quantitative estimate of drug-likeness (QED) is 0.833. The van der Waals surface area contributed by atoms with Crippen molar-refractivity contribution in [1.29, 1.82) is 0 Å². The van der Waals surface area contributed by atoms with E-state index in [4.69, 9.17) is 10.5 Å². The predicted octanol–water partition coefficient (Wildman–Crippen LogP) is 2.50. The van der Waals surface area contributed by atoms with E-state index in [1.165, 1.54) is 11.1 Å². The Morgan fingerprint density at radius 3 is 2.67 bits per heavy atom. The van der Waals surface area contributed by atoms with E-state index in [9.17, 15) is 9.59 Å². The molecule has 0 saturated carbocycles. The minimum atomic E-state index is -0.636. The van der Waals surface area contributed by atoms with Crippen LogP contribution in [0.3, 0.4) is 0 Å². The number of hydrogen-bond donors (Lipinski definition) is 1. The number of hydrogen-bond acceptors (Lipinski definition) is 5. The van der Waals surface area contributed by atoms with Gasteiger partial charge < -0.3 is 15.4 Å². The number of primary amides is 1. The third-order valence-corrected chi connectivity index (χ3v) is 5.63. The Morgan fingerprint density at radius 2 is 1.97 bits per heavy atom. The normalized spacial score (nSPS) is 16.9. The molecule has 8 nitrogen and oxygen atoms in total. The fourth-order valence-electron chi connectivity index (χ4n) is 4.02. The van der Waals surface area contributed by atoms with Crippen LogP contribution in [0, 0.1) is 5.82 Å². The van der Waals surface area contributed by atoms with Gasteiger partial charge in [0.25, 0.3) is 0 Å². The van der Waals surface area contributed by atoms with Crippen LogP contribution in [0.1, 0.15) is 31.7 Å². The summed E-state index contributed by atoms with van der Waals surface area (Å²) in [6, 6.07) is 1.11. The van der Waals surface area contributed by atoms with E-state index in [1.807, 2.05) is 0 Å². The van der Waals surface area contributed by atoms with E-state index < -0.39 is 11.8 Å². The molecule has 158 valence electrons. The Morgan fingerprint density at radius 1 is 1.20 bits per heavy atom. The zero-order valence-corrected chi connectivity index (χ0v) is 16.8. The van der Waals surface area contributed by atoms with Crippen molar-refractivity contribution >= 4 is 17.8 Å². The number of likely N-dealkylation sites (tertiary alicyclic amines) is 1. The standard InChI is InChI=1S/C21H24FN5O3/c1-13(28)26-7-4-15(5-8-26)30-16-9-14(10-24-11-16)18-12-25-20-17(19(18)22)3-2-6-27(20)21(23)29/h9-12,15H,2-8H2,1H3,(H2,23,29). The second kappa shape index (κ2) is 8.25. The number of piperidine rings is 1. The average Bonchev–Trinajstić information content (AvgIpc) is 2.74. The third-order valence-electron chi connectivity index (χ3n) is 5.63. The molecule has 0 aliphatic carbocycles. The Bertz CT molecular complexity index is 975. The van der Waals surface area contributed by atoms with Gasteiger partial charge in [0.2, 0.25) is 5.91 Å². The van der Waals surface area contributed by atoms with E-state index in [0.717, 1.165) is 12.8 Å². The van der Waals surface area contributed by atoms with Gasteiger partial charge in [-0.15, -0.1) is 0 Å². The number of anilines is 1. The molecule has 1 saturated heterocycles. The monoisotopic (exact) mass is 413 g/mol. The van der Waals surface area contributed by atoms with Crippen molar-refractivity contribution < 1.29 is 18.7 Å². The molecular weight excluding hydrogens is 389 g/mol. The molecule has 2 aromatic heterocycles. The number of ether oxygens (including phenoxy) is 1. The second-order valence-electron chi connectivity index (χ2n) is 7.61. The topological polar surface area (TPSA) is 102 Å². The zero-order chi connectivity index (χ0) is 21.3. The van der Waals surface area contributed by atoms with Gasteiger partial charge in [-0.1, -0.05) is 0 Å². The zero-order valence-electron chi connectivity index (χ0n) is 16.8. The highest BCUT2D eigenvalue weighted by Crippen LogP contribution is 2.34. The summed E-state index contributed by atoms with van der Waals surface area (Å²) in [7, 11) is 0. The minimum Gasteiger partial charge on any atom is -0.489 e. The lowest BCUT2D eigenvalue weighted by Gasteiger charge is -2.31. The molecule has 2 aromatic rings. The summed E-state index contributed by atoms with van der Waals surface area (Å²) < 4.78 is 21.3. The number of aromatic nitrogens is 2. The summed E-state index contributed by atoms with van der Waals surface area (Å²) in [5, 5.41) is 0. The Hall–Kier alpha value is -3.23. The molecule has 0 aromatic carbocycles. The largest absolute Gasteiger partial charge is 0.489 e. The van der Waals surface area contributed by atoms with Crippen molar-refractivity contribution in [3.63, 3.8) is 0 Å². The van der Waals surface area contributed by atoms with Crippen LogP contribution in [-0.2, 0) is 11.2 Å². The summed E-state index contributed by atoms with van der Waals surface area (Å²) in [5.41, 5.74) is 6.64. The number of rotatable bonds is 3. The van der Waals surface area contributed by atoms with Crippen molar-refractivity contribution in [3.05, 3.63) is 36.0 Å². The minimum absolute atomic E-state index is 0.0201. The molecule has 4 heterocycles. The molecule has 3 amide bonds. The van der Waals surface area contributed by atoms with Crippen LogP contribution in [0.5, 0.6) is 5.75 Å². The molecule has 2 N–H and O–H groups in total. The lowest BCUT2D eigenvalue weighted by atomic mass is 10.00. The molecule has 30 heavy (non-hydrogen) atoms. The molecular formula is C21H24FN5O3. The molecule has 0 atom stereocenters. The molecule has 0 radical (unpaired) electrons. The first-order chi connectivity index (χ1) is 14.4. The number of urea groups is 1. The fourth-order valence-corrected chi connectivity index (χ4v) is 4.02. The van der Waals surface area contributed by atoms with Crippen LogP contribution in [0.25, 0.3) is 11.1 Å². The Kier molecular flexibility index (Phi) is 5.52. The van der Waals surface area contributed by atoms with Crippen LogP contribution in [0.15, 0.2) is 24.7 Å². The van der Waals surface area contributed by atoms with E-state index in [1.54, 1.807) is 30.3 Å². The first kappa shape index (κ1) is 20.1. The Labute approximate surface area is 173 Å². The Balaban J connectivity index is 1.55. The molecule has 0 bridgehead atoms. The summed E-state index contributed by atoms with van der Waals surface area (Å²) in [6.07, 6.45) is 7.13. The molecule has 0 unspecified atom stereocenters. The third kappa shape index (κ3) is 3.92. The van der Waals surface area contributed by atoms with E-state index in [-0.39, 0.29) is 17.8 Å². The molecule has 1 fully saturated rings. The predicted molar refractivity (Wildman–Crippen MR) is 109 cm³/mol. The van der Waals surface area contributed by atoms with Gasteiger partial charge in [0.1, 0.15) is 23.5 Å². The summed E-state index contributed by atoms with van der Waals surface area (Å²) >= 11 is 0. The lowest BCUT2D eigenvalue weighted by Crippen LogP contribution is -2.40. The number of halogens is 1. The molecule has 0 spiro atoms.